The molecule has 1 N–H and O–H groups in total. The summed E-state index contributed by atoms with van der Waals surface area (Å²) in [6.07, 6.45) is 7.40. The molecule has 2 atom stereocenters. The molecule has 0 radical (unpaired) electrons. The highest BCUT2D eigenvalue weighted by atomic mass is 16.3. The zero-order valence-corrected chi connectivity index (χ0v) is 16.9. The maximum absolute atomic E-state index is 10.8. The molecule has 1 saturated heterocycles. The van der Waals surface area contributed by atoms with Crippen molar-refractivity contribution in [1.82, 2.24) is 4.90 Å². The standard InChI is InChI=1S/C21H41NO/c1-19(2,3)16-11-9-15(10-12-16)13-17-18(23)14-20(4,5)22(8)21(17,6)7/h15-18,23H,9-14H2,1-8H3. The van der Waals surface area contributed by atoms with E-state index in [1.54, 1.807) is 0 Å². The predicted octanol–water partition coefficient (Wildman–Crippen LogP) is 5.10. The fourth-order valence-corrected chi connectivity index (χ4v) is 5.36. The SMILES string of the molecule is CN1C(C)(C)CC(O)C(CC2CCC(C(C)(C)C)CC2)C1(C)C. The second-order valence-corrected chi connectivity index (χ2v) is 10.7. The molecule has 1 saturated carbocycles. The molecule has 1 aliphatic carbocycles. The molecule has 0 spiro atoms. The Morgan fingerprint density at radius 2 is 1.52 bits per heavy atom. The minimum Gasteiger partial charge on any atom is -0.393 e. The van der Waals surface area contributed by atoms with Crippen LogP contribution in [0.25, 0.3) is 0 Å². The lowest BCUT2D eigenvalue weighted by atomic mass is 9.64. The molecular weight excluding hydrogens is 282 g/mol. The first kappa shape index (κ1) is 19.2. The summed E-state index contributed by atoms with van der Waals surface area (Å²) in [5.74, 6) is 2.09. The van der Waals surface area contributed by atoms with Gasteiger partial charge in [-0.05, 0) is 77.7 Å². The third-order valence-corrected chi connectivity index (χ3v) is 7.51. The molecule has 0 aromatic heterocycles. The number of hydrogen-bond acceptors (Lipinski definition) is 2. The highest BCUT2D eigenvalue weighted by Gasteiger charge is 2.50. The molecule has 2 unspecified atom stereocenters. The van der Waals surface area contributed by atoms with Gasteiger partial charge in [-0.15, -0.1) is 0 Å². The van der Waals surface area contributed by atoms with Crippen molar-refractivity contribution in [2.45, 2.75) is 104 Å². The summed E-state index contributed by atoms with van der Waals surface area (Å²) in [5.41, 5.74) is 0.615. The van der Waals surface area contributed by atoms with Crippen molar-refractivity contribution < 1.29 is 5.11 Å². The lowest BCUT2D eigenvalue weighted by Gasteiger charge is -2.57. The van der Waals surface area contributed by atoms with E-state index >= 15 is 0 Å². The lowest BCUT2D eigenvalue weighted by molar-refractivity contribution is -0.120. The molecule has 0 amide bonds. The zero-order valence-electron chi connectivity index (χ0n) is 16.9. The molecule has 0 bridgehead atoms. The van der Waals surface area contributed by atoms with E-state index in [0.29, 0.717) is 11.3 Å². The van der Waals surface area contributed by atoms with Crippen LogP contribution >= 0.6 is 0 Å². The Kier molecular flexibility index (Phi) is 5.30. The lowest BCUT2D eigenvalue weighted by Crippen LogP contribution is -2.65. The van der Waals surface area contributed by atoms with Crippen LogP contribution in [-0.4, -0.2) is 34.2 Å². The van der Waals surface area contributed by atoms with Crippen molar-refractivity contribution in [3.05, 3.63) is 0 Å². The Morgan fingerprint density at radius 1 is 1.00 bits per heavy atom. The number of piperidine rings is 1. The van der Waals surface area contributed by atoms with E-state index in [-0.39, 0.29) is 17.2 Å². The van der Waals surface area contributed by atoms with E-state index in [4.69, 9.17) is 0 Å². The molecule has 2 nitrogen and oxygen atoms in total. The van der Waals surface area contributed by atoms with Crippen LogP contribution in [0.4, 0.5) is 0 Å². The predicted molar refractivity (Wildman–Crippen MR) is 99.6 cm³/mol. The maximum Gasteiger partial charge on any atom is 0.0603 e. The number of nitrogens with zero attached hydrogens (tertiary/aromatic N) is 1. The van der Waals surface area contributed by atoms with E-state index in [0.717, 1.165) is 18.3 Å². The van der Waals surface area contributed by atoms with E-state index in [2.05, 4.69) is 60.4 Å². The second-order valence-electron chi connectivity index (χ2n) is 10.7. The van der Waals surface area contributed by atoms with Gasteiger partial charge in [0.25, 0.3) is 0 Å². The van der Waals surface area contributed by atoms with Crippen molar-refractivity contribution in [3.8, 4) is 0 Å². The third kappa shape index (κ3) is 3.95. The summed E-state index contributed by atoms with van der Waals surface area (Å²) in [6, 6.07) is 0. The number of likely N-dealkylation sites (tertiary alicyclic amines) is 1. The Balaban J connectivity index is 2.00. The van der Waals surface area contributed by atoms with Crippen LogP contribution in [0.5, 0.6) is 0 Å². The van der Waals surface area contributed by atoms with Crippen molar-refractivity contribution in [2.75, 3.05) is 7.05 Å². The van der Waals surface area contributed by atoms with E-state index in [1.165, 1.54) is 32.1 Å². The highest BCUT2D eigenvalue weighted by molar-refractivity contribution is 5.04. The summed E-state index contributed by atoms with van der Waals surface area (Å²) in [4.78, 5) is 2.51. The van der Waals surface area contributed by atoms with Crippen molar-refractivity contribution in [1.29, 1.82) is 0 Å². The normalized spacial score (nSPS) is 38.5. The van der Waals surface area contributed by atoms with Crippen LogP contribution in [0, 0.1) is 23.2 Å². The van der Waals surface area contributed by atoms with Gasteiger partial charge in [0.1, 0.15) is 0 Å². The largest absolute Gasteiger partial charge is 0.393 e. The maximum atomic E-state index is 10.8. The van der Waals surface area contributed by atoms with Gasteiger partial charge in [-0.2, -0.15) is 0 Å². The molecule has 136 valence electrons. The summed E-state index contributed by atoms with van der Waals surface area (Å²) in [5, 5.41) is 10.8. The zero-order chi connectivity index (χ0) is 17.6. The van der Waals surface area contributed by atoms with E-state index < -0.39 is 0 Å². The van der Waals surface area contributed by atoms with Gasteiger partial charge in [0.2, 0.25) is 0 Å². The van der Waals surface area contributed by atoms with Gasteiger partial charge in [0.15, 0.2) is 0 Å². The second kappa shape index (κ2) is 6.33. The number of rotatable bonds is 2. The van der Waals surface area contributed by atoms with Gasteiger partial charge in [0.05, 0.1) is 6.10 Å². The number of hydrogen-bond donors (Lipinski definition) is 1. The van der Waals surface area contributed by atoms with Crippen LogP contribution in [0.15, 0.2) is 0 Å². The van der Waals surface area contributed by atoms with Crippen LogP contribution in [0.2, 0.25) is 0 Å². The van der Waals surface area contributed by atoms with Crippen molar-refractivity contribution in [2.24, 2.45) is 23.2 Å². The summed E-state index contributed by atoms with van der Waals surface area (Å²) < 4.78 is 0. The molecule has 1 aliphatic heterocycles. The Morgan fingerprint density at radius 3 is 2.00 bits per heavy atom. The number of aliphatic hydroxyl groups is 1. The van der Waals surface area contributed by atoms with Crippen LogP contribution < -0.4 is 0 Å². The molecule has 2 rings (SSSR count). The fraction of sp³-hybridized carbons (Fsp3) is 1.00. The fourth-order valence-electron chi connectivity index (χ4n) is 5.36. The molecule has 23 heavy (non-hydrogen) atoms. The summed E-state index contributed by atoms with van der Waals surface area (Å²) in [6.45, 7) is 16.4. The first-order chi connectivity index (χ1) is 10.4. The Hall–Kier alpha value is -0.0800. The van der Waals surface area contributed by atoms with Gasteiger partial charge < -0.3 is 5.11 Å². The average Bonchev–Trinajstić information content (AvgIpc) is 2.41. The van der Waals surface area contributed by atoms with Crippen molar-refractivity contribution in [3.63, 3.8) is 0 Å². The van der Waals surface area contributed by atoms with Gasteiger partial charge in [-0.1, -0.05) is 33.6 Å². The number of aliphatic hydroxyl groups excluding tert-OH is 1. The molecule has 2 aliphatic rings. The van der Waals surface area contributed by atoms with Gasteiger partial charge in [-0.3, -0.25) is 4.90 Å². The molecule has 1 heterocycles. The molecule has 2 fully saturated rings. The first-order valence-electron chi connectivity index (χ1n) is 9.77. The monoisotopic (exact) mass is 323 g/mol. The van der Waals surface area contributed by atoms with E-state index in [9.17, 15) is 5.11 Å². The molecule has 0 aromatic carbocycles. The minimum absolute atomic E-state index is 0.0715. The quantitative estimate of drug-likeness (QED) is 0.764. The van der Waals surface area contributed by atoms with Gasteiger partial charge >= 0.3 is 0 Å². The molecule has 2 heteroatoms. The van der Waals surface area contributed by atoms with Crippen molar-refractivity contribution >= 4 is 0 Å². The van der Waals surface area contributed by atoms with Crippen LogP contribution in [0.3, 0.4) is 0 Å². The van der Waals surface area contributed by atoms with Crippen LogP contribution in [0.1, 0.15) is 87.0 Å². The first-order valence-corrected chi connectivity index (χ1v) is 9.77. The average molecular weight is 324 g/mol. The molecule has 0 aromatic rings. The van der Waals surface area contributed by atoms with Gasteiger partial charge in [0, 0.05) is 17.0 Å². The highest BCUT2D eigenvalue weighted by Crippen LogP contribution is 2.47. The smallest absolute Gasteiger partial charge is 0.0603 e. The minimum atomic E-state index is -0.156. The van der Waals surface area contributed by atoms with Gasteiger partial charge in [-0.25, -0.2) is 0 Å². The molecular formula is C21H41NO. The Labute approximate surface area is 145 Å². The van der Waals surface area contributed by atoms with Crippen LogP contribution in [-0.2, 0) is 0 Å². The van der Waals surface area contributed by atoms with E-state index in [1.807, 2.05) is 0 Å². The topological polar surface area (TPSA) is 23.5 Å². The summed E-state index contributed by atoms with van der Waals surface area (Å²) >= 11 is 0. The Bertz CT molecular complexity index is 399. The summed E-state index contributed by atoms with van der Waals surface area (Å²) in [7, 11) is 2.25. The third-order valence-electron chi connectivity index (χ3n) is 7.51.